The Morgan fingerprint density at radius 3 is 1.80 bits per heavy atom. The van der Waals surface area contributed by atoms with Gasteiger partial charge in [0.05, 0.1) is 12.4 Å². The summed E-state index contributed by atoms with van der Waals surface area (Å²) in [6, 6.07) is 0. The summed E-state index contributed by atoms with van der Waals surface area (Å²) in [7, 11) is 0. The van der Waals surface area contributed by atoms with Crippen LogP contribution in [0.1, 0.15) is 0 Å². The lowest BCUT2D eigenvalue weighted by atomic mass is 10.5. The molecule has 0 radical (unpaired) electrons. The van der Waals surface area contributed by atoms with E-state index in [9.17, 15) is 0 Å². The van der Waals surface area contributed by atoms with Gasteiger partial charge in [0, 0.05) is 0 Å². The second-order valence-corrected chi connectivity index (χ2v) is 1.64. The summed E-state index contributed by atoms with van der Waals surface area (Å²) < 4.78 is 0. The Morgan fingerprint density at radius 1 is 0.800 bits per heavy atom. The molecule has 10 heavy (non-hydrogen) atoms. The van der Waals surface area contributed by atoms with Gasteiger partial charge >= 0.3 is 0 Å². The second-order valence-electron chi connectivity index (χ2n) is 1.64. The third-order valence-corrected chi connectivity index (χ3v) is 1.03. The fourth-order valence-electron chi connectivity index (χ4n) is 0.595. The van der Waals surface area contributed by atoms with Gasteiger partial charge < -0.3 is 0 Å². The minimum Gasteiger partial charge on any atom is -0.136 e. The van der Waals surface area contributed by atoms with Crippen LogP contribution < -0.4 is 0 Å². The van der Waals surface area contributed by atoms with Crippen molar-refractivity contribution >= 4 is 11.0 Å². The zero-order valence-electron chi connectivity index (χ0n) is 4.84. The predicted molar refractivity (Wildman–Crippen MR) is 30.7 cm³/mol. The first-order valence-electron chi connectivity index (χ1n) is 2.59. The van der Waals surface area contributed by atoms with Crippen LogP contribution in [0.4, 0.5) is 0 Å². The molecule has 48 valence electrons. The van der Waals surface area contributed by atoms with Gasteiger partial charge in [0.15, 0.2) is 0 Å². The van der Waals surface area contributed by atoms with Crippen molar-refractivity contribution in [3.05, 3.63) is 12.4 Å². The minimum atomic E-state index is 0.602. The molecule has 0 fully saturated rings. The van der Waals surface area contributed by atoms with Crippen LogP contribution in [0, 0.1) is 0 Å². The van der Waals surface area contributed by atoms with Gasteiger partial charge in [-0.05, 0) is 10.4 Å². The summed E-state index contributed by atoms with van der Waals surface area (Å²) in [5.41, 5.74) is 1.20. The van der Waals surface area contributed by atoms with Crippen molar-refractivity contribution in [3.63, 3.8) is 0 Å². The van der Waals surface area contributed by atoms with Crippen molar-refractivity contribution in [1.82, 2.24) is 30.8 Å². The largest absolute Gasteiger partial charge is 0.137 e. The molecule has 6 heteroatoms. The fraction of sp³-hybridized carbons (Fsp3) is 0. The molecule has 6 nitrogen and oxygen atoms in total. The van der Waals surface area contributed by atoms with Crippen molar-refractivity contribution in [3.8, 4) is 0 Å². The molecule has 2 rings (SSSR count). The topological polar surface area (TPSA) is 77.3 Å². The molecule has 2 aromatic heterocycles. The lowest BCUT2D eigenvalue weighted by Gasteiger charge is -1.86. The van der Waals surface area contributed by atoms with E-state index in [2.05, 4.69) is 30.8 Å². The Labute approximate surface area is 55.3 Å². The van der Waals surface area contributed by atoms with Crippen molar-refractivity contribution in [2.45, 2.75) is 0 Å². The maximum Gasteiger partial charge on any atom is 0.137 e. The van der Waals surface area contributed by atoms with Gasteiger partial charge in [-0.1, -0.05) is 0 Å². The zero-order valence-corrected chi connectivity index (χ0v) is 4.84. The number of aromatic nitrogens is 6. The van der Waals surface area contributed by atoms with Crippen LogP contribution in [0.3, 0.4) is 0 Å². The van der Waals surface area contributed by atoms with Gasteiger partial charge in [-0.2, -0.15) is 0 Å². The SMILES string of the molecule is c1nnnc2cnnnc12. The Kier molecular flexibility index (Phi) is 0.970. The summed E-state index contributed by atoms with van der Waals surface area (Å²) in [4.78, 5) is 0. The fourth-order valence-corrected chi connectivity index (χ4v) is 0.595. The monoisotopic (exact) mass is 134 g/mol. The van der Waals surface area contributed by atoms with Gasteiger partial charge in [0.2, 0.25) is 0 Å². The van der Waals surface area contributed by atoms with Gasteiger partial charge in [-0.25, -0.2) is 0 Å². The molecule has 2 heterocycles. The van der Waals surface area contributed by atoms with Crippen LogP contribution in [-0.2, 0) is 0 Å². The Hall–Kier alpha value is -1.72. The molecule has 2 aromatic rings. The smallest absolute Gasteiger partial charge is 0.136 e. The highest BCUT2D eigenvalue weighted by molar-refractivity contribution is 5.69. The van der Waals surface area contributed by atoms with Gasteiger partial charge in [-0.15, -0.1) is 20.4 Å². The van der Waals surface area contributed by atoms with E-state index in [-0.39, 0.29) is 0 Å². The van der Waals surface area contributed by atoms with E-state index in [1.165, 1.54) is 12.4 Å². The van der Waals surface area contributed by atoms with E-state index < -0.39 is 0 Å². The normalized spacial score (nSPS) is 10.0. The first-order chi connectivity index (χ1) is 4.97. The molecular formula is C4H2N6. The molecule has 0 saturated heterocycles. The van der Waals surface area contributed by atoms with Crippen LogP contribution in [0.5, 0.6) is 0 Å². The number of hydrogen-bond donors (Lipinski definition) is 0. The van der Waals surface area contributed by atoms with E-state index >= 15 is 0 Å². The van der Waals surface area contributed by atoms with Crippen LogP contribution >= 0.6 is 0 Å². The quantitative estimate of drug-likeness (QED) is 0.469. The number of hydrogen-bond acceptors (Lipinski definition) is 6. The van der Waals surface area contributed by atoms with E-state index in [1.54, 1.807) is 0 Å². The van der Waals surface area contributed by atoms with E-state index in [0.29, 0.717) is 11.0 Å². The summed E-state index contributed by atoms with van der Waals surface area (Å²) >= 11 is 0. The molecule has 0 aliphatic carbocycles. The predicted octanol–water partition coefficient (Wildman–Crippen LogP) is -0.790. The maximum atomic E-state index is 3.66. The third-order valence-electron chi connectivity index (χ3n) is 1.03. The highest BCUT2D eigenvalue weighted by Crippen LogP contribution is 1.97. The van der Waals surface area contributed by atoms with E-state index in [0.717, 1.165) is 0 Å². The highest BCUT2D eigenvalue weighted by Gasteiger charge is 1.93. The molecule has 0 N–H and O–H groups in total. The molecule has 0 aliphatic heterocycles. The molecular weight excluding hydrogens is 132 g/mol. The molecule has 0 unspecified atom stereocenters. The van der Waals surface area contributed by atoms with Crippen LogP contribution in [-0.4, -0.2) is 30.8 Å². The Bertz CT molecular complexity index is 281. The maximum absolute atomic E-state index is 3.66. The van der Waals surface area contributed by atoms with Gasteiger partial charge in [0.25, 0.3) is 0 Å². The summed E-state index contributed by atoms with van der Waals surface area (Å²) in [5, 5.41) is 21.2. The molecule has 0 aliphatic rings. The molecule has 0 atom stereocenters. The summed E-state index contributed by atoms with van der Waals surface area (Å²) in [6.45, 7) is 0. The zero-order chi connectivity index (χ0) is 6.81. The second kappa shape index (κ2) is 1.90. The summed E-state index contributed by atoms with van der Waals surface area (Å²) in [5.74, 6) is 0. The first kappa shape index (κ1) is 5.10. The molecule has 0 saturated carbocycles. The molecule has 0 amide bonds. The Morgan fingerprint density at radius 2 is 1.30 bits per heavy atom. The highest BCUT2D eigenvalue weighted by atomic mass is 15.3. The van der Waals surface area contributed by atoms with Crippen molar-refractivity contribution in [1.29, 1.82) is 0 Å². The van der Waals surface area contributed by atoms with E-state index in [1.807, 2.05) is 0 Å². The van der Waals surface area contributed by atoms with Crippen molar-refractivity contribution < 1.29 is 0 Å². The van der Waals surface area contributed by atoms with Gasteiger partial charge in [0.1, 0.15) is 11.0 Å². The lowest BCUT2D eigenvalue weighted by molar-refractivity contribution is 0.845. The summed E-state index contributed by atoms with van der Waals surface area (Å²) in [6.07, 6.45) is 2.97. The minimum absolute atomic E-state index is 0.602. The average Bonchev–Trinajstić information content (AvgIpc) is 2.05. The van der Waals surface area contributed by atoms with E-state index in [4.69, 9.17) is 0 Å². The van der Waals surface area contributed by atoms with Crippen LogP contribution in [0.2, 0.25) is 0 Å². The van der Waals surface area contributed by atoms with Crippen molar-refractivity contribution in [2.75, 3.05) is 0 Å². The van der Waals surface area contributed by atoms with Crippen molar-refractivity contribution in [2.24, 2.45) is 0 Å². The Balaban J connectivity index is 2.89. The van der Waals surface area contributed by atoms with Crippen LogP contribution in [0.15, 0.2) is 12.4 Å². The molecule has 0 bridgehead atoms. The number of fused-ring (bicyclic) bond motifs is 1. The first-order valence-corrected chi connectivity index (χ1v) is 2.59. The third kappa shape index (κ3) is 0.661. The van der Waals surface area contributed by atoms with Gasteiger partial charge in [-0.3, -0.25) is 0 Å². The average molecular weight is 134 g/mol. The molecule has 0 spiro atoms. The van der Waals surface area contributed by atoms with Crippen LogP contribution in [0.25, 0.3) is 11.0 Å². The number of rotatable bonds is 0. The lowest BCUT2D eigenvalue weighted by Crippen LogP contribution is -1.92. The number of nitrogens with zero attached hydrogens (tertiary/aromatic N) is 6. The molecule has 0 aromatic carbocycles. The standard InChI is InChI=1S/C4H2N6/c1-3-4(8-9-5-1)2-6-10-7-3/h1-2H.